The van der Waals surface area contributed by atoms with Crippen molar-refractivity contribution in [3.05, 3.63) is 0 Å². The van der Waals surface area contributed by atoms with Gasteiger partial charge in [-0.2, -0.15) is 0 Å². The summed E-state index contributed by atoms with van der Waals surface area (Å²) in [6.45, 7) is 2.06. The molecular formula is C7H11NO. The Hall–Kier alpha value is -0.530. The number of hydrogen-bond donors (Lipinski definition) is 1. The highest BCUT2D eigenvalue weighted by molar-refractivity contribution is 5.85. The largest absolute Gasteiger partial charge is 0.353 e. The third-order valence-electron chi connectivity index (χ3n) is 2.62. The first-order valence-electron chi connectivity index (χ1n) is 3.52. The van der Waals surface area contributed by atoms with Crippen molar-refractivity contribution in [1.82, 2.24) is 5.32 Å². The van der Waals surface area contributed by atoms with Gasteiger partial charge in [-0.3, -0.25) is 4.79 Å². The minimum absolute atomic E-state index is 0.0185. The van der Waals surface area contributed by atoms with Crippen LogP contribution in [0.3, 0.4) is 0 Å². The van der Waals surface area contributed by atoms with Gasteiger partial charge in [0.2, 0.25) is 5.91 Å². The first-order valence-corrected chi connectivity index (χ1v) is 3.52. The zero-order valence-corrected chi connectivity index (χ0v) is 5.61. The average molecular weight is 125 g/mol. The van der Waals surface area contributed by atoms with Gasteiger partial charge in [-0.05, 0) is 19.3 Å². The molecule has 9 heavy (non-hydrogen) atoms. The molecule has 1 aliphatic heterocycles. The molecule has 2 bridgehead atoms. The molecule has 2 rings (SSSR count). The van der Waals surface area contributed by atoms with Gasteiger partial charge >= 0.3 is 0 Å². The molecule has 0 radical (unpaired) electrons. The zero-order valence-electron chi connectivity index (χ0n) is 5.61. The first-order chi connectivity index (χ1) is 4.21. The van der Waals surface area contributed by atoms with E-state index in [2.05, 4.69) is 12.2 Å². The Bertz CT molecular complexity index is 166. The summed E-state index contributed by atoms with van der Waals surface area (Å²) >= 11 is 0. The van der Waals surface area contributed by atoms with E-state index in [0.717, 1.165) is 12.8 Å². The van der Waals surface area contributed by atoms with Crippen molar-refractivity contribution < 1.29 is 4.79 Å². The van der Waals surface area contributed by atoms with Crippen molar-refractivity contribution in [2.24, 2.45) is 5.41 Å². The summed E-state index contributed by atoms with van der Waals surface area (Å²) in [5, 5.41) is 2.95. The predicted octanol–water partition coefficient (Wildman–Crippen LogP) is 0.675. The van der Waals surface area contributed by atoms with Gasteiger partial charge in [0.15, 0.2) is 0 Å². The van der Waals surface area contributed by atoms with Crippen LogP contribution in [-0.4, -0.2) is 11.9 Å². The van der Waals surface area contributed by atoms with E-state index >= 15 is 0 Å². The van der Waals surface area contributed by atoms with E-state index in [4.69, 9.17) is 0 Å². The van der Waals surface area contributed by atoms with Gasteiger partial charge < -0.3 is 5.32 Å². The maximum absolute atomic E-state index is 11.0. The third kappa shape index (κ3) is 0.533. The lowest BCUT2D eigenvalue weighted by Gasteiger charge is -2.17. The van der Waals surface area contributed by atoms with Crippen molar-refractivity contribution >= 4 is 5.91 Å². The molecule has 1 saturated heterocycles. The molecule has 2 atom stereocenters. The van der Waals surface area contributed by atoms with Crippen LogP contribution in [0.5, 0.6) is 0 Å². The summed E-state index contributed by atoms with van der Waals surface area (Å²) in [5.41, 5.74) is 0.0185. The smallest absolute Gasteiger partial charge is 0.226 e. The summed E-state index contributed by atoms with van der Waals surface area (Å²) in [7, 11) is 0. The van der Waals surface area contributed by atoms with Gasteiger partial charge in [0.05, 0.1) is 0 Å². The van der Waals surface area contributed by atoms with Crippen LogP contribution in [0, 0.1) is 5.41 Å². The van der Waals surface area contributed by atoms with Crippen LogP contribution in [0.25, 0.3) is 0 Å². The summed E-state index contributed by atoms with van der Waals surface area (Å²) in [6, 6.07) is 0.516. The summed E-state index contributed by atoms with van der Waals surface area (Å²) in [4.78, 5) is 11.0. The molecule has 1 N–H and O–H groups in total. The molecule has 0 aromatic rings. The monoisotopic (exact) mass is 125 g/mol. The molecule has 1 saturated carbocycles. The van der Waals surface area contributed by atoms with E-state index in [9.17, 15) is 4.79 Å². The normalized spacial score (nSPS) is 47.7. The second kappa shape index (κ2) is 1.31. The minimum Gasteiger partial charge on any atom is -0.353 e. The van der Waals surface area contributed by atoms with Crippen LogP contribution in [0.4, 0.5) is 0 Å². The number of hydrogen-bond acceptors (Lipinski definition) is 1. The minimum atomic E-state index is 0.0185. The van der Waals surface area contributed by atoms with Crippen LogP contribution in [0.1, 0.15) is 26.2 Å². The lowest BCUT2D eigenvalue weighted by atomic mass is 9.90. The zero-order chi connectivity index (χ0) is 6.48. The topological polar surface area (TPSA) is 29.1 Å². The first kappa shape index (κ1) is 5.27. The van der Waals surface area contributed by atoms with E-state index in [1.807, 2.05) is 0 Å². The Morgan fingerprint density at radius 1 is 1.78 bits per heavy atom. The molecule has 1 amide bonds. The van der Waals surface area contributed by atoms with E-state index in [1.165, 1.54) is 6.42 Å². The lowest BCUT2D eigenvalue weighted by molar-refractivity contribution is -0.128. The summed E-state index contributed by atoms with van der Waals surface area (Å²) < 4.78 is 0. The fourth-order valence-corrected chi connectivity index (χ4v) is 1.93. The van der Waals surface area contributed by atoms with Crippen LogP contribution in [-0.2, 0) is 4.79 Å². The van der Waals surface area contributed by atoms with Crippen LogP contribution in [0.15, 0.2) is 0 Å². The maximum Gasteiger partial charge on any atom is 0.226 e. The van der Waals surface area contributed by atoms with Crippen molar-refractivity contribution in [2.75, 3.05) is 0 Å². The second-order valence-electron chi connectivity index (χ2n) is 3.47. The molecule has 0 spiro atoms. The van der Waals surface area contributed by atoms with Crippen LogP contribution < -0.4 is 5.32 Å². The van der Waals surface area contributed by atoms with Gasteiger partial charge in [0, 0.05) is 11.5 Å². The molecule has 2 heteroatoms. The summed E-state index contributed by atoms with van der Waals surface area (Å²) in [5.74, 6) is 0.277. The SMILES string of the molecule is CC12CCC(C1)NC2=O. The van der Waals surface area contributed by atoms with E-state index in [-0.39, 0.29) is 11.3 Å². The number of nitrogens with one attached hydrogen (secondary N) is 1. The van der Waals surface area contributed by atoms with E-state index in [1.54, 1.807) is 0 Å². The third-order valence-corrected chi connectivity index (χ3v) is 2.62. The molecule has 1 heterocycles. The molecule has 2 nitrogen and oxygen atoms in total. The van der Waals surface area contributed by atoms with Gasteiger partial charge in [-0.15, -0.1) is 0 Å². The molecule has 0 aromatic carbocycles. The molecule has 1 aliphatic carbocycles. The van der Waals surface area contributed by atoms with Gasteiger partial charge in [0.1, 0.15) is 0 Å². The van der Waals surface area contributed by atoms with Crippen molar-refractivity contribution in [3.63, 3.8) is 0 Å². The maximum atomic E-state index is 11.0. The van der Waals surface area contributed by atoms with Crippen molar-refractivity contribution in [2.45, 2.75) is 32.2 Å². The van der Waals surface area contributed by atoms with Gasteiger partial charge in [0.25, 0.3) is 0 Å². The fourth-order valence-electron chi connectivity index (χ4n) is 1.93. The highest BCUT2D eigenvalue weighted by Gasteiger charge is 2.47. The summed E-state index contributed by atoms with van der Waals surface area (Å²) in [6.07, 6.45) is 3.37. The molecule has 2 aliphatic rings. The molecule has 2 fully saturated rings. The Morgan fingerprint density at radius 3 is 2.78 bits per heavy atom. The lowest BCUT2D eigenvalue weighted by Crippen LogP contribution is -2.34. The predicted molar refractivity (Wildman–Crippen MR) is 33.9 cm³/mol. The average Bonchev–Trinajstić information content (AvgIpc) is 2.22. The molecule has 50 valence electrons. The molecule has 2 unspecified atom stereocenters. The van der Waals surface area contributed by atoms with E-state index < -0.39 is 0 Å². The molecular weight excluding hydrogens is 114 g/mol. The fraction of sp³-hybridized carbons (Fsp3) is 0.857. The number of carbonyl (C=O) groups is 1. The Balaban J connectivity index is 2.32. The van der Waals surface area contributed by atoms with Crippen molar-refractivity contribution in [3.8, 4) is 0 Å². The van der Waals surface area contributed by atoms with Crippen LogP contribution >= 0.6 is 0 Å². The van der Waals surface area contributed by atoms with Crippen LogP contribution in [0.2, 0.25) is 0 Å². The van der Waals surface area contributed by atoms with E-state index in [0.29, 0.717) is 6.04 Å². The standard InChI is InChI=1S/C7H11NO/c1-7-3-2-5(4-7)8-6(7)9/h5H,2-4H2,1H3,(H,8,9). The number of amides is 1. The number of fused-ring (bicyclic) bond motifs is 2. The Kier molecular flexibility index (Phi) is 0.765. The quantitative estimate of drug-likeness (QED) is 0.506. The second-order valence-corrected chi connectivity index (χ2v) is 3.47. The van der Waals surface area contributed by atoms with Crippen molar-refractivity contribution in [1.29, 1.82) is 0 Å². The number of piperidine rings is 1. The number of carbonyl (C=O) groups excluding carboxylic acids is 1. The van der Waals surface area contributed by atoms with Gasteiger partial charge in [-0.25, -0.2) is 0 Å². The Labute approximate surface area is 54.6 Å². The van der Waals surface area contributed by atoms with Gasteiger partial charge in [-0.1, -0.05) is 6.92 Å². The Morgan fingerprint density at radius 2 is 2.56 bits per heavy atom. The molecule has 0 aromatic heterocycles. The highest BCUT2D eigenvalue weighted by atomic mass is 16.2. The highest BCUT2D eigenvalue weighted by Crippen LogP contribution is 2.42. The number of rotatable bonds is 0.